The van der Waals surface area contributed by atoms with E-state index in [1.54, 1.807) is 0 Å². The van der Waals surface area contributed by atoms with Gasteiger partial charge < -0.3 is 0 Å². The second-order valence-electron chi connectivity index (χ2n) is 11.2. The van der Waals surface area contributed by atoms with E-state index in [-0.39, 0.29) is 0 Å². The lowest BCUT2D eigenvalue weighted by Crippen LogP contribution is -1.90. The second-order valence-corrected chi connectivity index (χ2v) is 11.2. The van der Waals surface area contributed by atoms with Gasteiger partial charge in [0.05, 0.1) is 11.6 Å². The molecule has 0 bridgehead atoms. The zero-order valence-corrected chi connectivity index (χ0v) is 22.7. The van der Waals surface area contributed by atoms with E-state index in [4.69, 9.17) is 0 Å². The Bertz CT molecular complexity index is 2440. The first-order valence-corrected chi connectivity index (χ1v) is 14.3. The van der Waals surface area contributed by atoms with Gasteiger partial charge in [0.1, 0.15) is 0 Å². The van der Waals surface area contributed by atoms with E-state index in [9.17, 15) is 5.26 Å². The Hall–Kier alpha value is -5.71. The van der Waals surface area contributed by atoms with Gasteiger partial charge in [-0.1, -0.05) is 103 Å². The molecule has 0 saturated heterocycles. The lowest BCUT2D eigenvalue weighted by molar-refractivity contribution is 1.48. The van der Waals surface area contributed by atoms with Crippen molar-refractivity contribution in [2.75, 3.05) is 0 Å². The highest BCUT2D eigenvalue weighted by Gasteiger charge is 2.24. The SMILES string of the molecule is N#Cc1ccc(-c2cc3c4ccccc4c(-c4ccccc4)cc3c3cc4c(cc23)-c2cccc3cccc-4c23)cc1. The summed E-state index contributed by atoms with van der Waals surface area (Å²) in [6.45, 7) is 0. The van der Waals surface area contributed by atoms with Crippen molar-refractivity contribution >= 4 is 43.1 Å². The minimum atomic E-state index is 0.671. The van der Waals surface area contributed by atoms with Gasteiger partial charge in [0.15, 0.2) is 0 Å². The molecule has 0 radical (unpaired) electrons. The van der Waals surface area contributed by atoms with Crippen LogP contribution in [0, 0.1) is 11.3 Å². The number of nitrogens with zero attached hydrogens (tertiary/aromatic N) is 1. The fourth-order valence-corrected chi connectivity index (χ4v) is 7.10. The molecule has 0 amide bonds. The molecule has 0 N–H and O–H groups in total. The maximum absolute atomic E-state index is 9.46. The third kappa shape index (κ3) is 3.18. The predicted octanol–water partition coefficient (Wildman–Crippen LogP) is 11.2. The first-order valence-electron chi connectivity index (χ1n) is 14.3. The molecule has 0 aliphatic heterocycles. The maximum Gasteiger partial charge on any atom is 0.0991 e. The minimum Gasteiger partial charge on any atom is -0.192 e. The van der Waals surface area contributed by atoms with Crippen molar-refractivity contribution in [3.63, 3.8) is 0 Å². The largest absolute Gasteiger partial charge is 0.192 e. The molecular formula is C41H23N. The summed E-state index contributed by atoms with van der Waals surface area (Å²) in [6.07, 6.45) is 0. The van der Waals surface area contributed by atoms with Gasteiger partial charge in [-0.15, -0.1) is 0 Å². The Kier molecular flexibility index (Phi) is 4.74. The van der Waals surface area contributed by atoms with Crippen LogP contribution >= 0.6 is 0 Å². The van der Waals surface area contributed by atoms with Crippen LogP contribution in [-0.4, -0.2) is 0 Å². The summed E-state index contributed by atoms with van der Waals surface area (Å²) in [5, 5.41) is 19.5. The summed E-state index contributed by atoms with van der Waals surface area (Å²) in [5.41, 5.74) is 10.6. The molecule has 1 heteroatoms. The quantitative estimate of drug-likeness (QED) is 0.204. The van der Waals surface area contributed by atoms with Crippen LogP contribution in [0.1, 0.15) is 5.56 Å². The molecule has 8 aromatic carbocycles. The van der Waals surface area contributed by atoms with Crippen LogP contribution in [0.15, 0.2) is 140 Å². The van der Waals surface area contributed by atoms with Crippen molar-refractivity contribution in [2.45, 2.75) is 0 Å². The second kappa shape index (κ2) is 8.64. The molecule has 1 aliphatic carbocycles. The van der Waals surface area contributed by atoms with Crippen LogP contribution in [0.25, 0.3) is 87.6 Å². The third-order valence-electron chi connectivity index (χ3n) is 9.01. The molecule has 0 aromatic heterocycles. The fourth-order valence-electron chi connectivity index (χ4n) is 7.10. The summed E-state index contributed by atoms with van der Waals surface area (Å²) in [7, 11) is 0. The van der Waals surface area contributed by atoms with Gasteiger partial charge in [-0.05, 0) is 124 Å². The Balaban J connectivity index is 1.47. The van der Waals surface area contributed by atoms with Crippen molar-refractivity contribution in [3.8, 4) is 50.6 Å². The van der Waals surface area contributed by atoms with Gasteiger partial charge in [0.2, 0.25) is 0 Å². The van der Waals surface area contributed by atoms with Crippen LogP contribution in [0.4, 0.5) is 0 Å². The fraction of sp³-hybridized carbons (Fsp3) is 0. The van der Waals surface area contributed by atoms with Crippen molar-refractivity contribution in [1.82, 2.24) is 0 Å². The molecule has 0 unspecified atom stereocenters. The number of benzene rings is 8. The smallest absolute Gasteiger partial charge is 0.0991 e. The molecule has 42 heavy (non-hydrogen) atoms. The summed E-state index contributed by atoms with van der Waals surface area (Å²) in [6, 6.07) is 52.7. The molecule has 9 rings (SSSR count). The summed E-state index contributed by atoms with van der Waals surface area (Å²) < 4.78 is 0. The molecule has 0 fully saturated rings. The van der Waals surface area contributed by atoms with Crippen molar-refractivity contribution in [1.29, 1.82) is 5.26 Å². The van der Waals surface area contributed by atoms with Crippen LogP contribution in [0.3, 0.4) is 0 Å². The molecular weight excluding hydrogens is 506 g/mol. The van der Waals surface area contributed by atoms with Crippen LogP contribution in [-0.2, 0) is 0 Å². The van der Waals surface area contributed by atoms with E-state index in [0.29, 0.717) is 5.56 Å². The van der Waals surface area contributed by atoms with E-state index in [1.807, 2.05) is 12.1 Å². The Morgan fingerprint density at radius 1 is 0.357 bits per heavy atom. The van der Waals surface area contributed by atoms with E-state index < -0.39 is 0 Å². The molecule has 192 valence electrons. The van der Waals surface area contributed by atoms with Gasteiger partial charge in [0, 0.05) is 0 Å². The standard InChI is InChI=1S/C41H23N/c42-24-25-16-18-27(19-17-25)34-21-35-30-13-5-4-12-29(30)33(26-8-2-1-3-9-26)20-39(35)40-23-37-32-15-7-11-28-10-6-14-31(41(28)32)36(37)22-38(34)40/h1-23H. The number of hydrogen-bond acceptors (Lipinski definition) is 1. The number of hydrogen-bond donors (Lipinski definition) is 0. The van der Waals surface area contributed by atoms with Gasteiger partial charge in [-0.2, -0.15) is 5.26 Å². The van der Waals surface area contributed by atoms with Gasteiger partial charge in [-0.25, -0.2) is 0 Å². The first-order chi connectivity index (χ1) is 20.8. The van der Waals surface area contributed by atoms with Gasteiger partial charge in [-0.3, -0.25) is 0 Å². The van der Waals surface area contributed by atoms with E-state index in [1.165, 1.54) is 82.0 Å². The lowest BCUT2D eigenvalue weighted by Gasteiger charge is -2.17. The Labute approximate surface area is 243 Å². The maximum atomic E-state index is 9.46. The van der Waals surface area contributed by atoms with E-state index >= 15 is 0 Å². The topological polar surface area (TPSA) is 23.8 Å². The molecule has 0 spiro atoms. The van der Waals surface area contributed by atoms with Crippen LogP contribution in [0.2, 0.25) is 0 Å². The lowest BCUT2D eigenvalue weighted by atomic mass is 9.86. The monoisotopic (exact) mass is 529 g/mol. The normalized spacial score (nSPS) is 11.8. The predicted molar refractivity (Wildman–Crippen MR) is 176 cm³/mol. The molecule has 0 saturated carbocycles. The highest BCUT2D eigenvalue weighted by atomic mass is 14.3. The average Bonchev–Trinajstić information content (AvgIpc) is 3.38. The highest BCUT2D eigenvalue weighted by Crippen LogP contribution is 2.51. The van der Waals surface area contributed by atoms with E-state index in [0.717, 1.165) is 5.56 Å². The highest BCUT2D eigenvalue weighted by molar-refractivity contribution is 6.26. The number of rotatable bonds is 2. The van der Waals surface area contributed by atoms with Crippen molar-refractivity contribution in [2.24, 2.45) is 0 Å². The molecule has 0 atom stereocenters. The van der Waals surface area contributed by atoms with Crippen molar-refractivity contribution in [3.05, 3.63) is 145 Å². The average molecular weight is 530 g/mol. The molecule has 8 aromatic rings. The minimum absolute atomic E-state index is 0.671. The Morgan fingerprint density at radius 2 is 0.881 bits per heavy atom. The van der Waals surface area contributed by atoms with Crippen LogP contribution in [0.5, 0.6) is 0 Å². The van der Waals surface area contributed by atoms with E-state index in [2.05, 4.69) is 133 Å². The van der Waals surface area contributed by atoms with Crippen LogP contribution < -0.4 is 0 Å². The Morgan fingerprint density at radius 3 is 1.57 bits per heavy atom. The van der Waals surface area contributed by atoms with Gasteiger partial charge in [0.25, 0.3) is 0 Å². The van der Waals surface area contributed by atoms with Gasteiger partial charge >= 0.3 is 0 Å². The molecule has 1 aliphatic rings. The zero-order chi connectivity index (χ0) is 27.8. The number of nitriles is 1. The molecule has 0 heterocycles. The summed E-state index contributed by atoms with van der Waals surface area (Å²) in [5.74, 6) is 0. The zero-order valence-electron chi connectivity index (χ0n) is 22.7. The number of fused-ring (bicyclic) bond motifs is 8. The summed E-state index contributed by atoms with van der Waals surface area (Å²) in [4.78, 5) is 0. The molecule has 1 nitrogen and oxygen atoms in total. The first kappa shape index (κ1) is 23.0. The van der Waals surface area contributed by atoms with Crippen molar-refractivity contribution < 1.29 is 0 Å². The third-order valence-corrected chi connectivity index (χ3v) is 9.01. The summed E-state index contributed by atoms with van der Waals surface area (Å²) >= 11 is 0.